The van der Waals surface area contributed by atoms with Crippen LogP contribution in [0.4, 0.5) is 0 Å². The van der Waals surface area contributed by atoms with E-state index >= 15 is 0 Å². The van der Waals surface area contributed by atoms with Crippen molar-refractivity contribution in [2.75, 3.05) is 13.1 Å². The summed E-state index contributed by atoms with van der Waals surface area (Å²) >= 11 is 0. The largest absolute Gasteiger partial charge is 0.338 e. The van der Waals surface area contributed by atoms with Crippen LogP contribution in [0.5, 0.6) is 0 Å². The lowest BCUT2D eigenvalue weighted by atomic mass is 10.1. The number of fused-ring (bicyclic) bond motifs is 1. The zero-order valence-corrected chi connectivity index (χ0v) is 21.9. The summed E-state index contributed by atoms with van der Waals surface area (Å²) in [4.78, 5) is 19.6. The summed E-state index contributed by atoms with van der Waals surface area (Å²) in [5.41, 5.74) is 5.13. The first-order valence-corrected chi connectivity index (χ1v) is 13.0. The van der Waals surface area contributed by atoms with Crippen LogP contribution in [0.3, 0.4) is 0 Å². The highest BCUT2D eigenvalue weighted by molar-refractivity contribution is 5.94. The Hall–Kier alpha value is -3.40. The number of carbonyl (C=O) groups excluding carboxylic acids is 1. The molecule has 4 heteroatoms. The van der Waals surface area contributed by atoms with Gasteiger partial charge in [0.25, 0.3) is 5.91 Å². The fourth-order valence-corrected chi connectivity index (χ4v) is 4.28. The number of benzene rings is 3. The van der Waals surface area contributed by atoms with Crippen molar-refractivity contribution in [3.8, 4) is 11.4 Å². The number of para-hydroxylation sites is 2. The van der Waals surface area contributed by atoms with Crippen LogP contribution in [0.15, 0.2) is 78.9 Å². The Labute approximate surface area is 210 Å². The number of rotatable bonds is 4. The van der Waals surface area contributed by atoms with Crippen molar-refractivity contribution in [3.05, 3.63) is 90.0 Å². The number of likely N-dealkylation sites (tertiary alicyclic amines) is 1. The van der Waals surface area contributed by atoms with E-state index in [-0.39, 0.29) is 5.91 Å². The van der Waals surface area contributed by atoms with Gasteiger partial charge in [-0.2, -0.15) is 0 Å². The molecule has 1 amide bonds. The van der Waals surface area contributed by atoms with Gasteiger partial charge in [-0.25, -0.2) is 4.98 Å². The zero-order chi connectivity index (χ0) is 25.2. The third kappa shape index (κ3) is 6.39. The van der Waals surface area contributed by atoms with Gasteiger partial charge in [-0.05, 0) is 42.2 Å². The molecule has 1 aliphatic heterocycles. The van der Waals surface area contributed by atoms with Crippen LogP contribution in [-0.4, -0.2) is 33.4 Å². The van der Waals surface area contributed by atoms with Crippen LogP contribution in [0.2, 0.25) is 0 Å². The van der Waals surface area contributed by atoms with Gasteiger partial charge in [-0.1, -0.05) is 95.6 Å². The molecule has 0 radical (unpaired) electrons. The van der Waals surface area contributed by atoms with Gasteiger partial charge in [0, 0.05) is 30.8 Å². The number of carbonyl (C=O) groups is 1. The predicted octanol–water partition coefficient (Wildman–Crippen LogP) is 7.68. The molecule has 3 aromatic carbocycles. The summed E-state index contributed by atoms with van der Waals surface area (Å²) in [6, 6.07) is 26.6. The van der Waals surface area contributed by atoms with Crippen molar-refractivity contribution in [1.82, 2.24) is 14.5 Å². The van der Waals surface area contributed by atoms with Crippen LogP contribution in [0.25, 0.3) is 22.4 Å². The molecule has 184 valence electrons. The summed E-state index contributed by atoms with van der Waals surface area (Å²) in [6.07, 6.45) is 2.35. The molecule has 1 unspecified atom stereocenters. The minimum Gasteiger partial charge on any atom is -0.338 e. The van der Waals surface area contributed by atoms with Gasteiger partial charge >= 0.3 is 0 Å². The van der Waals surface area contributed by atoms with Crippen molar-refractivity contribution in [1.29, 1.82) is 0 Å². The van der Waals surface area contributed by atoms with E-state index in [0.29, 0.717) is 12.5 Å². The second-order valence-corrected chi connectivity index (χ2v) is 8.93. The first-order valence-electron chi connectivity index (χ1n) is 13.0. The molecule has 1 saturated heterocycles. The van der Waals surface area contributed by atoms with Crippen molar-refractivity contribution in [2.24, 2.45) is 5.92 Å². The van der Waals surface area contributed by atoms with E-state index in [9.17, 15) is 4.79 Å². The average molecular weight is 470 g/mol. The minimum atomic E-state index is 0.143. The Morgan fingerprint density at radius 2 is 1.54 bits per heavy atom. The number of hydrogen-bond acceptors (Lipinski definition) is 2. The molecular weight excluding hydrogens is 430 g/mol. The molecule has 2 heterocycles. The van der Waals surface area contributed by atoms with Gasteiger partial charge in [0.05, 0.1) is 11.0 Å². The number of imidazole rings is 1. The lowest BCUT2D eigenvalue weighted by Gasteiger charge is -2.16. The van der Waals surface area contributed by atoms with Crippen LogP contribution in [0, 0.1) is 5.92 Å². The van der Waals surface area contributed by atoms with Gasteiger partial charge in [0.1, 0.15) is 5.82 Å². The van der Waals surface area contributed by atoms with Crippen molar-refractivity contribution in [3.63, 3.8) is 0 Å². The summed E-state index contributed by atoms with van der Waals surface area (Å²) in [5.74, 6) is 1.70. The predicted molar refractivity (Wildman–Crippen MR) is 148 cm³/mol. The number of aromatic nitrogens is 2. The average Bonchev–Trinajstić information content (AvgIpc) is 3.50. The second kappa shape index (κ2) is 12.9. The zero-order valence-electron chi connectivity index (χ0n) is 21.9. The van der Waals surface area contributed by atoms with Gasteiger partial charge in [0.2, 0.25) is 0 Å². The van der Waals surface area contributed by atoms with Crippen LogP contribution in [0.1, 0.15) is 63.4 Å². The maximum absolute atomic E-state index is 12.7. The molecule has 1 atom stereocenters. The molecular formula is C31H39N3O. The second-order valence-electron chi connectivity index (χ2n) is 8.93. The monoisotopic (exact) mass is 469 g/mol. The Kier molecular flexibility index (Phi) is 9.66. The molecule has 1 fully saturated rings. The van der Waals surface area contributed by atoms with Gasteiger partial charge < -0.3 is 9.47 Å². The van der Waals surface area contributed by atoms with Gasteiger partial charge in [0.15, 0.2) is 0 Å². The molecule has 0 saturated carbocycles. The molecule has 4 aromatic rings. The smallest absolute Gasteiger partial charge is 0.253 e. The molecule has 1 aromatic heterocycles. The van der Waals surface area contributed by atoms with Crippen LogP contribution < -0.4 is 0 Å². The number of nitrogens with zero attached hydrogens (tertiary/aromatic N) is 3. The maximum atomic E-state index is 12.7. The summed E-state index contributed by atoms with van der Waals surface area (Å²) in [5, 5.41) is 0. The van der Waals surface area contributed by atoms with E-state index in [1.54, 1.807) is 0 Å². The topological polar surface area (TPSA) is 38.1 Å². The quantitative estimate of drug-likeness (QED) is 0.307. The summed E-state index contributed by atoms with van der Waals surface area (Å²) in [6.45, 7) is 12.9. The fraction of sp³-hybridized carbons (Fsp3) is 0.355. The molecule has 1 aliphatic rings. The number of hydrogen-bond donors (Lipinski definition) is 0. The minimum absolute atomic E-state index is 0.143. The van der Waals surface area contributed by atoms with Crippen molar-refractivity contribution < 1.29 is 4.79 Å². The van der Waals surface area contributed by atoms with E-state index in [4.69, 9.17) is 4.98 Å². The highest BCUT2D eigenvalue weighted by Crippen LogP contribution is 2.26. The highest BCUT2D eigenvalue weighted by Gasteiger charge is 2.24. The first-order chi connectivity index (χ1) is 17.1. The van der Waals surface area contributed by atoms with Crippen molar-refractivity contribution in [2.45, 2.75) is 54.0 Å². The van der Waals surface area contributed by atoms with Crippen LogP contribution in [-0.2, 0) is 6.54 Å². The summed E-state index contributed by atoms with van der Waals surface area (Å²) < 4.78 is 2.25. The molecule has 35 heavy (non-hydrogen) atoms. The van der Waals surface area contributed by atoms with E-state index in [0.717, 1.165) is 53.1 Å². The van der Waals surface area contributed by atoms with E-state index < -0.39 is 0 Å². The van der Waals surface area contributed by atoms with E-state index in [2.05, 4.69) is 61.7 Å². The van der Waals surface area contributed by atoms with Crippen molar-refractivity contribution >= 4 is 16.9 Å². The van der Waals surface area contributed by atoms with Gasteiger partial charge in [-0.3, -0.25) is 4.79 Å². The van der Waals surface area contributed by atoms with E-state index in [1.165, 1.54) is 6.42 Å². The Morgan fingerprint density at radius 1 is 0.914 bits per heavy atom. The Bertz CT molecular complexity index is 1200. The van der Waals surface area contributed by atoms with Crippen LogP contribution >= 0.6 is 0 Å². The fourth-order valence-electron chi connectivity index (χ4n) is 4.28. The molecule has 5 rings (SSSR count). The first kappa shape index (κ1) is 26.2. The molecule has 0 spiro atoms. The Morgan fingerprint density at radius 3 is 2.17 bits per heavy atom. The van der Waals surface area contributed by atoms with Gasteiger partial charge in [-0.15, -0.1) is 0 Å². The number of amides is 1. The lowest BCUT2D eigenvalue weighted by molar-refractivity contribution is 0.0788. The third-order valence-electron chi connectivity index (χ3n) is 5.94. The van der Waals surface area contributed by atoms with E-state index in [1.807, 2.05) is 61.2 Å². The lowest BCUT2D eigenvalue weighted by Crippen LogP contribution is -2.28. The molecule has 0 N–H and O–H groups in total. The summed E-state index contributed by atoms with van der Waals surface area (Å²) in [7, 11) is 0. The normalized spacial score (nSPS) is 14.7. The molecule has 0 bridgehead atoms. The molecule has 0 aliphatic carbocycles. The third-order valence-corrected chi connectivity index (χ3v) is 5.94. The maximum Gasteiger partial charge on any atom is 0.253 e. The SMILES string of the molecule is CC.CC1CCN(C(=O)c2ccc(Cn3c(-c4ccccc4)nc4ccccc43)cc2)C1.CCC. The highest BCUT2D eigenvalue weighted by atomic mass is 16.2. The molecule has 4 nitrogen and oxygen atoms in total. The Balaban J connectivity index is 0.000000638. The standard InChI is InChI=1S/C26H25N3O.C3H8.C2H6/c1-19-15-16-28(17-19)26(30)22-13-11-20(12-14-22)18-29-24-10-6-5-9-23(24)27-25(29)21-7-3-2-4-8-21;1-3-2;1-2/h2-14,19H,15-18H2,1H3;3H2,1-2H3;1-2H3.